The van der Waals surface area contributed by atoms with Crippen molar-refractivity contribution in [2.45, 2.75) is 26.4 Å². The molecule has 0 bridgehead atoms. The average Bonchev–Trinajstić information content (AvgIpc) is 2.32. The standard InChI is InChI=1S/C11H17N3O3/c1-8-5-13-10(6-12-8)14-11(16)3-4-17-9(2)7-15/h5-6,9,15H,3-4,7H2,1-2H3,(H,13,14,16)/t9-/m1/s1. The fourth-order valence-corrected chi connectivity index (χ4v) is 1.07. The highest BCUT2D eigenvalue weighted by Crippen LogP contribution is 2.01. The number of hydrogen-bond donors (Lipinski definition) is 2. The van der Waals surface area contributed by atoms with E-state index in [0.717, 1.165) is 5.69 Å². The van der Waals surface area contributed by atoms with Gasteiger partial charge in [0, 0.05) is 0 Å². The Morgan fingerprint density at radius 1 is 1.53 bits per heavy atom. The molecule has 0 fully saturated rings. The molecule has 0 unspecified atom stereocenters. The number of anilines is 1. The number of carbonyl (C=O) groups excluding carboxylic acids is 1. The average molecular weight is 239 g/mol. The van der Waals surface area contributed by atoms with E-state index in [9.17, 15) is 4.79 Å². The lowest BCUT2D eigenvalue weighted by molar-refractivity contribution is -0.117. The summed E-state index contributed by atoms with van der Waals surface area (Å²) in [6.07, 6.45) is 3.06. The number of aromatic nitrogens is 2. The van der Waals surface area contributed by atoms with Crippen LogP contribution in [-0.2, 0) is 9.53 Å². The molecule has 1 rings (SSSR count). The third kappa shape index (κ3) is 5.37. The van der Waals surface area contributed by atoms with Gasteiger partial charge in [0.25, 0.3) is 0 Å². The van der Waals surface area contributed by atoms with Gasteiger partial charge in [0.1, 0.15) is 0 Å². The van der Waals surface area contributed by atoms with Crippen LogP contribution < -0.4 is 5.32 Å². The summed E-state index contributed by atoms with van der Waals surface area (Å²) in [5, 5.41) is 11.3. The van der Waals surface area contributed by atoms with E-state index >= 15 is 0 Å². The monoisotopic (exact) mass is 239 g/mol. The Kier molecular flexibility index (Phi) is 5.51. The Morgan fingerprint density at radius 2 is 2.29 bits per heavy atom. The number of rotatable bonds is 6. The smallest absolute Gasteiger partial charge is 0.227 e. The van der Waals surface area contributed by atoms with Crippen LogP contribution in [0.4, 0.5) is 5.82 Å². The van der Waals surface area contributed by atoms with E-state index in [1.54, 1.807) is 13.1 Å². The van der Waals surface area contributed by atoms with Crippen LogP contribution in [0.5, 0.6) is 0 Å². The minimum atomic E-state index is -0.248. The molecule has 0 aliphatic heterocycles. The molecule has 0 aliphatic carbocycles. The van der Waals surface area contributed by atoms with Crippen LogP contribution in [-0.4, -0.2) is 40.3 Å². The van der Waals surface area contributed by atoms with Crippen molar-refractivity contribution in [3.8, 4) is 0 Å². The molecule has 0 spiro atoms. The maximum absolute atomic E-state index is 11.4. The van der Waals surface area contributed by atoms with Crippen molar-refractivity contribution in [1.29, 1.82) is 0 Å². The van der Waals surface area contributed by atoms with Crippen LogP contribution in [0.3, 0.4) is 0 Å². The van der Waals surface area contributed by atoms with E-state index in [4.69, 9.17) is 9.84 Å². The summed E-state index contributed by atoms with van der Waals surface area (Å²) in [5.74, 6) is 0.240. The molecule has 6 heteroatoms. The van der Waals surface area contributed by atoms with E-state index < -0.39 is 0 Å². The molecule has 1 atom stereocenters. The first-order valence-electron chi connectivity index (χ1n) is 5.42. The second-order valence-electron chi connectivity index (χ2n) is 3.71. The fraction of sp³-hybridized carbons (Fsp3) is 0.545. The molecular weight excluding hydrogens is 222 g/mol. The first-order chi connectivity index (χ1) is 8.11. The van der Waals surface area contributed by atoms with Gasteiger partial charge >= 0.3 is 0 Å². The molecular formula is C11H17N3O3. The van der Waals surface area contributed by atoms with Gasteiger partial charge in [-0.2, -0.15) is 0 Å². The normalized spacial score (nSPS) is 12.2. The second-order valence-corrected chi connectivity index (χ2v) is 3.71. The lowest BCUT2D eigenvalue weighted by Crippen LogP contribution is -2.19. The topological polar surface area (TPSA) is 84.3 Å². The maximum Gasteiger partial charge on any atom is 0.227 e. The van der Waals surface area contributed by atoms with Crippen LogP contribution in [0.15, 0.2) is 12.4 Å². The van der Waals surface area contributed by atoms with Crippen LogP contribution in [0.25, 0.3) is 0 Å². The van der Waals surface area contributed by atoms with E-state index in [2.05, 4.69) is 15.3 Å². The zero-order valence-electron chi connectivity index (χ0n) is 10.0. The highest BCUT2D eigenvalue weighted by molar-refractivity contribution is 5.89. The summed E-state index contributed by atoms with van der Waals surface area (Å²) < 4.78 is 5.17. The number of aryl methyl sites for hydroxylation is 1. The number of carbonyl (C=O) groups is 1. The number of nitrogens with zero attached hydrogens (tertiary/aromatic N) is 2. The van der Waals surface area contributed by atoms with Gasteiger partial charge in [-0.3, -0.25) is 9.78 Å². The summed E-state index contributed by atoms with van der Waals surface area (Å²) >= 11 is 0. The molecule has 0 aliphatic rings. The molecule has 17 heavy (non-hydrogen) atoms. The number of hydrogen-bond acceptors (Lipinski definition) is 5. The fourth-order valence-electron chi connectivity index (χ4n) is 1.07. The van der Waals surface area contributed by atoms with E-state index in [1.807, 2.05) is 6.92 Å². The van der Waals surface area contributed by atoms with Crippen LogP contribution >= 0.6 is 0 Å². The number of aliphatic hydroxyl groups excluding tert-OH is 1. The van der Waals surface area contributed by atoms with Crippen LogP contribution in [0.2, 0.25) is 0 Å². The summed E-state index contributed by atoms with van der Waals surface area (Å²) in [6, 6.07) is 0. The van der Waals surface area contributed by atoms with Gasteiger partial charge in [-0.05, 0) is 13.8 Å². The van der Waals surface area contributed by atoms with Gasteiger partial charge < -0.3 is 15.2 Å². The first kappa shape index (κ1) is 13.5. The summed E-state index contributed by atoms with van der Waals surface area (Å²) in [6.45, 7) is 3.78. The van der Waals surface area contributed by atoms with Crippen molar-refractivity contribution < 1.29 is 14.6 Å². The molecule has 1 aromatic rings. The largest absolute Gasteiger partial charge is 0.394 e. The summed E-state index contributed by atoms with van der Waals surface area (Å²) in [7, 11) is 0. The van der Waals surface area contributed by atoms with Crippen molar-refractivity contribution in [3.05, 3.63) is 18.1 Å². The molecule has 0 saturated heterocycles. The molecule has 1 heterocycles. The zero-order chi connectivity index (χ0) is 12.7. The minimum Gasteiger partial charge on any atom is -0.394 e. The number of ether oxygens (including phenoxy) is 1. The Labute approximate surface area is 100 Å². The molecule has 1 aromatic heterocycles. The van der Waals surface area contributed by atoms with Gasteiger partial charge in [-0.1, -0.05) is 0 Å². The Morgan fingerprint density at radius 3 is 2.88 bits per heavy atom. The van der Waals surface area contributed by atoms with E-state index in [1.165, 1.54) is 6.20 Å². The van der Waals surface area contributed by atoms with Gasteiger partial charge in [-0.15, -0.1) is 0 Å². The second kappa shape index (κ2) is 6.93. The molecule has 0 radical (unpaired) electrons. The van der Waals surface area contributed by atoms with Crippen LogP contribution in [0, 0.1) is 6.92 Å². The quantitative estimate of drug-likeness (QED) is 0.755. The van der Waals surface area contributed by atoms with Crippen molar-refractivity contribution in [2.75, 3.05) is 18.5 Å². The van der Waals surface area contributed by atoms with Crippen molar-refractivity contribution in [1.82, 2.24) is 9.97 Å². The Balaban J connectivity index is 2.27. The molecule has 94 valence electrons. The van der Waals surface area contributed by atoms with E-state index in [-0.39, 0.29) is 31.6 Å². The van der Waals surface area contributed by atoms with Gasteiger partial charge in [0.2, 0.25) is 5.91 Å². The molecule has 0 saturated carbocycles. The molecule has 1 amide bonds. The van der Waals surface area contributed by atoms with E-state index in [0.29, 0.717) is 5.82 Å². The SMILES string of the molecule is Cc1cnc(NC(=O)CCO[C@H](C)CO)cn1. The number of nitrogens with one attached hydrogen (secondary N) is 1. The maximum atomic E-state index is 11.4. The summed E-state index contributed by atoms with van der Waals surface area (Å²) in [4.78, 5) is 19.5. The number of amides is 1. The van der Waals surface area contributed by atoms with Crippen molar-refractivity contribution in [2.24, 2.45) is 0 Å². The zero-order valence-corrected chi connectivity index (χ0v) is 10.0. The highest BCUT2D eigenvalue weighted by Gasteiger charge is 2.05. The predicted octanol–water partition coefficient (Wildman–Crippen LogP) is 0.511. The molecule has 2 N–H and O–H groups in total. The van der Waals surface area contributed by atoms with Gasteiger partial charge in [-0.25, -0.2) is 4.98 Å². The third-order valence-electron chi connectivity index (χ3n) is 2.04. The Hall–Kier alpha value is -1.53. The van der Waals surface area contributed by atoms with Crippen LogP contribution in [0.1, 0.15) is 19.0 Å². The predicted molar refractivity (Wildman–Crippen MR) is 62.5 cm³/mol. The molecule has 6 nitrogen and oxygen atoms in total. The van der Waals surface area contributed by atoms with Gasteiger partial charge in [0.05, 0.1) is 43.8 Å². The lowest BCUT2D eigenvalue weighted by Gasteiger charge is -2.09. The third-order valence-corrected chi connectivity index (χ3v) is 2.04. The first-order valence-corrected chi connectivity index (χ1v) is 5.42. The minimum absolute atomic E-state index is 0.0505. The van der Waals surface area contributed by atoms with Crippen molar-refractivity contribution >= 4 is 11.7 Å². The Bertz CT molecular complexity index is 353. The van der Waals surface area contributed by atoms with Gasteiger partial charge in [0.15, 0.2) is 5.82 Å². The highest BCUT2D eigenvalue weighted by atomic mass is 16.5. The molecule has 0 aromatic carbocycles. The summed E-state index contributed by atoms with van der Waals surface area (Å²) in [5.41, 5.74) is 0.795. The van der Waals surface area contributed by atoms with Crippen molar-refractivity contribution in [3.63, 3.8) is 0 Å². The number of aliphatic hydroxyl groups is 1. The lowest BCUT2D eigenvalue weighted by atomic mass is 10.4.